The van der Waals surface area contributed by atoms with Crippen LogP contribution in [0.4, 0.5) is 0 Å². The summed E-state index contributed by atoms with van der Waals surface area (Å²) >= 11 is 5.89. The molecule has 0 spiro atoms. The van der Waals surface area contributed by atoms with Gasteiger partial charge in [-0.1, -0.05) is 41.9 Å². The third kappa shape index (κ3) is 1.67. The molecule has 0 radical (unpaired) electrons. The van der Waals surface area contributed by atoms with Crippen molar-refractivity contribution < 1.29 is 5.11 Å². The molecular weight excluding hydrogens is 200 g/mol. The van der Waals surface area contributed by atoms with Crippen molar-refractivity contribution in [3.05, 3.63) is 41.6 Å². The van der Waals surface area contributed by atoms with Gasteiger partial charge in [-0.05, 0) is 0 Å². The van der Waals surface area contributed by atoms with Crippen LogP contribution in [0.2, 0.25) is 5.02 Å². The van der Waals surface area contributed by atoms with E-state index >= 15 is 0 Å². The van der Waals surface area contributed by atoms with Gasteiger partial charge in [0.25, 0.3) is 0 Å². The second kappa shape index (κ2) is 3.64. The Morgan fingerprint density at radius 3 is 2.57 bits per heavy atom. The summed E-state index contributed by atoms with van der Waals surface area (Å²) in [6.45, 7) is 0. The number of halogens is 1. The summed E-state index contributed by atoms with van der Waals surface area (Å²) in [4.78, 5) is 7.43. The molecule has 0 bridgehead atoms. The maximum Gasteiger partial charge on any atom is 0.314 e. The van der Waals surface area contributed by atoms with E-state index in [0.717, 1.165) is 5.56 Å². The lowest BCUT2D eigenvalue weighted by molar-refractivity contribution is 0.431. The lowest BCUT2D eigenvalue weighted by atomic mass is 10.1. The molecule has 70 valence electrons. The van der Waals surface area contributed by atoms with E-state index in [2.05, 4.69) is 9.97 Å². The Morgan fingerprint density at radius 2 is 1.86 bits per heavy atom. The van der Waals surface area contributed by atoms with E-state index in [1.807, 2.05) is 30.3 Å². The first-order chi connectivity index (χ1) is 6.77. The number of rotatable bonds is 1. The lowest BCUT2D eigenvalue weighted by Crippen LogP contribution is -1.87. The third-order valence-electron chi connectivity index (χ3n) is 1.78. The van der Waals surface area contributed by atoms with Crippen LogP contribution in [0.5, 0.6) is 6.01 Å². The average molecular weight is 207 g/mol. The van der Waals surface area contributed by atoms with Crippen molar-refractivity contribution in [2.45, 2.75) is 0 Å². The van der Waals surface area contributed by atoms with Gasteiger partial charge >= 0.3 is 6.01 Å². The average Bonchev–Trinajstić information content (AvgIpc) is 2.23. The second-order valence-corrected chi connectivity index (χ2v) is 3.14. The fourth-order valence-electron chi connectivity index (χ4n) is 1.16. The maximum absolute atomic E-state index is 9.12. The lowest BCUT2D eigenvalue weighted by Gasteiger charge is -2.02. The molecule has 1 aromatic carbocycles. The van der Waals surface area contributed by atoms with Crippen LogP contribution in [0.1, 0.15) is 0 Å². The molecule has 3 nitrogen and oxygen atoms in total. The smallest absolute Gasteiger partial charge is 0.314 e. The largest absolute Gasteiger partial charge is 0.479 e. The first kappa shape index (κ1) is 8.97. The highest BCUT2D eigenvalue weighted by atomic mass is 35.5. The summed E-state index contributed by atoms with van der Waals surface area (Å²) in [5.74, 6) is 0. The van der Waals surface area contributed by atoms with E-state index in [1.165, 1.54) is 6.20 Å². The minimum absolute atomic E-state index is 0.270. The van der Waals surface area contributed by atoms with E-state index in [9.17, 15) is 0 Å². The van der Waals surface area contributed by atoms with Gasteiger partial charge in [-0.2, -0.15) is 4.98 Å². The van der Waals surface area contributed by atoms with Gasteiger partial charge in [-0.3, -0.25) is 0 Å². The van der Waals surface area contributed by atoms with E-state index in [4.69, 9.17) is 16.7 Å². The topological polar surface area (TPSA) is 46.0 Å². The normalized spacial score (nSPS) is 10.1. The van der Waals surface area contributed by atoms with Crippen LogP contribution in [0.25, 0.3) is 11.3 Å². The maximum atomic E-state index is 9.12. The molecule has 0 aliphatic rings. The molecule has 2 aromatic rings. The molecule has 0 aliphatic heterocycles. The molecule has 1 N–H and O–H groups in total. The van der Waals surface area contributed by atoms with Crippen LogP contribution < -0.4 is 0 Å². The van der Waals surface area contributed by atoms with Gasteiger partial charge in [0, 0.05) is 5.56 Å². The Labute approximate surface area is 86.0 Å². The second-order valence-electron chi connectivity index (χ2n) is 2.73. The summed E-state index contributed by atoms with van der Waals surface area (Å²) in [5, 5.41) is 9.54. The monoisotopic (exact) mass is 206 g/mol. The molecule has 0 unspecified atom stereocenters. The van der Waals surface area contributed by atoms with Crippen molar-refractivity contribution >= 4 is 11.6 Å². The van der Waals surface area contributed by atoms with Gasteiger partial charge in [-0.15, -0.1) is 0 Å². The van der Waals surface area contributed by atoms with Crippen LogP contribution in [0.3, 0.4) is 0 Å². The van der Waals surface area contributed by atoms with E-state index in [0.29, 0.717) is 10.7 Å². The number of aromatic nitrogens is 2. The van der Waals surface area contributed by atoms with E-state index < -0.39 is 0 Å². The number of aromatic hydroxyl groups is 1. The summed E-state index contributed by atoms with van der Waals surface area (Å²) in [5.41, 5.74) is 1.40. The molecule has 0 saturated carbocycles. The first-order valence-electron chi connectivity index (χ1n) is 4.04. The fraction of sp³-hybridized carbons (Fsp3) is 0. The van der Waals surface area contributed by atoms with Gasteiger partial charge in [0.15, 0.2) is 0 Å². The van der Waals surface area contributed by atoms with Gasteiger partial charge in [0.2, 0.25) is 0 Å². The highest BCUT2D eigenvalue weighted by Gasteiger charge is 2.06. The fourth-order valence-corrected chi connectivity index (χ4v) is 1.36. The SMILES string of the molecule is Oc1ncc(Cl)c(-c2ccccc2)n1. The quantitative estimate of drug-likeness (QED) is 0.780. The molecule has 0 fully saturated rings. The molecule has 0 atom stereocenters. The van der Waals surface area contributed by atoms with Crippen molar-refractivity contribution in [1.82, 2.24) is 9.97 Å². The van der Waals surface area contributed by atoms with E-state index in [-0.39, 0.29) is 6.01 Å². The zero-order chi connectivity index (χ0) is 9.97. The molecular formula is C10H7ClN2O. The minimum Gasteiger partial charge on any atom is -0.479 e. The molecule has 2 rings (SSSR count). The Morgan fingerprint density at radius 1 is 1.14 bits per heavy atom. The Bertz CT molecular complexity index is 445. The minimum atomic E-state index is -0.270. The van der Waals surface area contributed by atoms with Crippen LogP contribution >= 0.6 is 11.6 Å². The molecule has 0 saturated heterocycles. The molecule has 1 heterocycles. The summed E-state index contributed by atoms with van der Waals surface area (Å²) < 4.78 is 0. The van der Waals surface area contributed by atoms with Crippen LogP contribution in [0.15, 0.2) is 36.5 Å². The van der Waals surface area contributed by atoms with Crippen molar-refractivity contribution in [2.75, 3.05) is 0 Å². The van der Waals surface area contributed by atoms with Gasteiger partial charge in [0.1, 0.15) is 0 Å². The zero-order valence-electron chi connectivity index (χ0n) is 7.18. The zero-order valence-corrected chi connectivity index (χ0v) is 7.94. The Kier molecular flexibility index (Phi) is 2.33. The molecule has 1 aromatic heterocycles. The van der Waals surface area contributed by atoms with Gasteiger partial charge in [-0.25, -0.2) is 4.98 Å². The molecule has 14 heavy (non-hydrogen) atoms. The summed E-state index contributed by atoms with van der Waals surface area (Å²) in [6, 6.07) is 9.13. The summed E-state index contributed by atoms with van der Waals surface area (Å²) in [6.07, 6.45) is 1.38. The van der Waals surface area contributed by atoms with Gasteiger partial charge in [0.05, 0.1) is 16.9 Å². The standard InChI is InChI=1S/C10H7ClN2O/c11-8-6-12-10(14)13-9(8)7-4-2-1-3-5-7/h1-6H,(H,12,13,14). The highest BCUT2D eigenvalue weighted by Crippen LogP contribution is 2.25. The predicted molar refractivity (Wildman–Crippen MR) is 54.1 cm³/mol. The van der Waals surface area contributed by atoms with Crippen LogP contribution in [0, 0.1) is 0 Å². The number of nitrogens with zero attached hydrogens (tertiary/aromatic N) is 2. The highest BCUT2D eigenvalue weighted by molar-refractivity contribution is 6.32. The Hall–Kier alpha value is -1.61. The molecule has 0 aliphatic carbocycles. The molecule has 0 amide bonds. The van der Waals surface area contributed by atoms with Crippen molar-refractivity contribution in [1.29, 1.82) is 0 Å². The van der Waals surface area contributed by atoms with E-state index in [1.54, 1.807) is 0 Å². The Balaban J connectivity index is 2.57. The number of hydrogen-bond donors (Lipinski definition) is 1. The predicted octanol–water partition coefficient (Wildman–Crippen LogP) is 2.50. The number of hydrogen-bond acceptors (Lipinski definition) is 3. The van der Waals surface area contributed by atoms with Crippen molar-refractivity contribution in [3.8, 4) is 17.3 Å². The van der Waals surface area contributed by atoms with Crippen LogP contribution in [-0.4, -0.2) is 15.1 Å². The van der Waals surface area contributed by atoms with Crippen molar-refractivity contribution in [2.24, 2.45) is 0 Å². The van der Waals surface area contributed by atoms with Gasteiger partial charge < -0.3 is 5.11 Å². The first-order valence-corrected chi connectivity index (χ1v) is 4.42. The summed E-state index contributed by atoms with van der Waals surface area (Å²) in [7, 11) is 0. The third-order valence-corrected chi connectivity index (χ3v) is 2.06. The van der Waals surface area contributed by atoms with Crippen molar-refractivity contribution in [3.63, 3.8) is 0 Å². The van der Waals surface area contributed by atoms with Crippen LogP contribution in [-0.2, 0) is 0 Å². The number of benzene rings is 1. The molecule has 4 heteroatoms.